The number of rotatable bonds is 6. The Kier molecular flexibility index (Phi) is 6.35. The Labute approximate surface area is 212 Å². The van der Waals surface area contributed by atoms with Crippen LogP contribution < -0.4 is 10.3 Å². The van der Waals surface area contributed by atoms with E-state index >= 15 is 0 Å². The molecule has 5 rings (SSSR count). The molecular weight excluding hydrogens is 470 g/mol. The van der Waals surface area contributed by atoms with Gasteiger partial charge in [0.2, 0.25) is 5.13 Å². The summed E-state index contributed by atoms with van der Waals surface area (Å²) >= 11 is 1.38. The molecule has 0 spiro atoms. The maximum atomic E-state index is 13.6. The topological polar surface area (TPSA) is 84.6 Å². The minimum Gasteiger partial charge on any atom is -0.497 e. The first kappa shape index (κ1) is 23.4. The number of aryl methyl sites for hydroxylation is 3. The molecule has 0 radical (unpaired) electrons. The van der Waals surface area contributed by atoms with Crippen LogP contribution in [0.15, 0.2) is 87.1 Å². The minimum atomic E-state index is -0.310. The number of aromatic nitrogens is 3. The zero-order valence-electron chi connectivity index (χ0n) is 20.4. The summed E-state index contributed by atoms with van der Waals surface area (Å²) in [5, 5.41) is 14.6. The summed E-state index contributed by atoms with van der Waals surface area (Å²) in [5.41, 5.74) is 7.02. The van der Waals surface area contributed by atoms with Crippen molar-refractivity contribution in [1.29, 1.82) is 0 Å². The maximum absolute atomic E-state index is 13.6. The molecule has 2 aromatic heterocycles. The third kappa shape index (κ3) is 4.50. The van der Waals surface area contributed by atoms with E-state index in [1.54, 1.807) is 7.11 Å². The van der Waals surface area contributed by atoms with E-state index in [0.29, 0.717) is 10.8 Å². The first-order valence-electron chi connectivity index (χ1n) is 11.4. The third-order valence-electron chi connectivity index (χ3n) is 5.88. The number of thiazole rings is 1. The molecule has 5 aromatic rings. The molecule has 0 saturated heterocycles. The number of H-pyrrole nitrogens is 1. The van der Waals surface area contributed by atoms with Crippen LogP contribution >= 0.6 is 11.3 Å². The fraction of sp³-hybridized carbons (Fsp3) is 0.143. The van der Waals surface area contributed by atoms with Crippen molar-refractivity contribution >= 4 is 22.7 Å². The Morgan fingerprint density at radius 1 is 0.889 bits per heavy atom. The van der Waals surface area contributed by atoms with Crippen molar-refractivity contribution in [2.24, 2.45) is 10.2 Å². The Balaban J connectivity index is 1.59. The molecule has 0 saturated carbocycles. The number of hydrogen-bond acceptors (Lipinski definition) is 6. The summed E-state index contributed by atoms with van der Waals surface area (Å²) in [6, 6.07) is 21.4. The number of azo groups is 1. The van der Waals surface area contributed by atoms with E-state index in [4.69, 9.17) is 9.72 Å². The highest BCUT2D eigenvalue weighted by atomic mass is 32.1. The number of methoxy groups -OCH3 is 1. The molecule has 0 aliphatic carbocycles. The first-order valence-corrected chi connectivity index (χ1v) is 12.3. The lowest BCUT2D eigenvalue weighted by atomic mass is 10.1. The monoisotopic (exact) mass is 495 g/mol. The zero-order valence-corrected chi connectivity index (χ0v) is 21.3. The molecule has 7 nitrogen and oxygen atoms in total. The predicted octanol–water partition coefficient (Wildman–Crippen LogP) is 7.31. The van der Waals surface area contributed by atoms with Crippen molar-refractivity contribution in [2.75, 3.05) is 7.11 Å². The molecule has 2 heterocycles. The van der Waals surface area contributed by atoms with Gasteiger partial charge in [-0.2, -0.15) is 4.68 Å². The number of hydrogen-bond donors (Lipinski definition) is 1. The maximum Gasteiger partial charge on any atom is 0.301 e. The van der Waals surface area contributed by atoms with Gasteiger partial charge in [0.25, 0.3) is 0 Å². The van der Waals surface area contributed by atoms with Crippen molar-refractivity contribution < 1.29 is 4.74 Å². The van der Waals surface area contributed by atoms with Gasteiger partial charge < -0.3 is 4.74 Å². The van der Waals surface area contributed by atoms with Gasteiger partial charge in [0.1, 0.15) is 5.75 Å². The Bertz CT molecular complexity index is 1590. The Hall–Kier alpha value is -4.30. The standard InChI is InChI=1S/C28H25N5O2S/c1-17-14-18(2)24(19(3)15-17)30-31-26-25(21-8-6-5-7-9-21)32-33(27(26)34)28-29-23(16-36-28)20-10-12-22(35-4)13-11-20/h5-16,32H,1-4H3. The van der Waals surface area contributed by atoms with Gasteiger partial charge >= 0.3 is 5.56 Å². The Morgan fingerprint density at radius 2 is 1.56 bits per heavy atom. The van der Waals surface area contributed by atoms with Crippen LogP contribution in [-0.4, -0.2) is 21.9 Å². The van der Waals surface area contributed by atoms with E-state index in [-0.39, 0.29) is 11.2 Å². The number of nitrogens with zero attached hydrogens (tertiary/aromatic N) is 4. The van der Waals surface area contributed by atoms with Gasteiger partial charge in [-0.3, -0.25) is 9.89 Å². The van der Waals surface area contributed by atoms with Crippen LogP contribution in [0.5, 0.6) is 5.75 Å². The van der Waals surface area contributed by atoms with Crippen molar-refractivity contribution in [3.63, 3.8) is 0 Å². The van der Waals surface area contributed by atoms with Gasteiger partial charge in [-0.15, -0.1) is 21.6 Å². The first-order chi connectivity index (χ1) is 17.4. The molecule has 0 unspecified atom stereocenters. The van der Waals surface area contributed by atoms with Gasteiger partial charge in [0.05, 0.1) is 24.2 Å². The third-order valence-corrected chi connectivity index (χ3v) is 6.71. The quantitative estimate of drug-likeness (QED) is 0.251. The lowest BCUT2D eigenvalue weighted by Crippen LogP contribution is -2.13. The molecule has 3 aromatic carbocycles. The molecule has 180 valence electrons. The van der Waals surface area contributed by atoms with Crippen molar-refractivity contribution in [3.8, 4) is 33.4 Å². The summed E-state index contributed by atoms with van der Waals surface area (Å²) in [4.78, 5) is 18.3. The van der Waals surface area contributed by atoms with Crippen molar-refractivity contribution in [2.45, 2.75) is 20.8 Å². The molecule has 0 fully saturated rings. The highest BCUT2D eigenvalue weighted by molar-refractivity contribution is 7.12. The summed E-state index contributed by atoms with van der Waals surface area (Å²) in [7, 11) is 1.63. The average Bonchev–Trinajstić information content (AvgIpc) is 3.49. The van der Waals surface area contributed by atoms with Crippen LogP contribution in [0.2, 0.25) is 0 Å². The molecule has 0 aliphatic rings. The van der Waals surface area contributed by atoms with E-state index in [2.05, 4.69) is 27.5 Å². The average molecular weight is 496 g/mol. The summed E-state index contributed by atoms with van der Waals surface area (Å²) in [6.07, 6.45) is 0. The predicted molar refractivity (Wildman–Crippen MR) is 144 cm³/mol. The largest absolute Gasteiger partial charge is 0.497 e. The SMILES string of the molecule is COc1ccc(-c2csc(-n3[nH]c(-c4ccccc4)c(N=Nc4c(C)cc(C)cc4C)c3=O)n2)cc1. The summed E-state index contributed by atoms with van der Waals surface area (Å²) in [6.45, 7) is 6.05. The number of nitrogens with one attached hydrogen (secondary N) is 1. The van der Waals surface area contributed by atoms with E-state index in [9.17, 15) is 4.79 Å². The molecule has 0 aliphatic heterocycles. The second-order valence-corrected chi connectivity index (χ2v) is 9.37. The molecule has 8 heteroatoms. The van der Waals surface area contributed by atoms with Gasteiger partial charge in [0.15, 0.2) is 5.69 Å². The fourth-order valence-corrected chi connectivity index (χ4v) is 4.94. The van der Waals surface area contributed by atoms with Crippen LogP contribution in [0.4, 0.5) is 11.4 Å². The van der Waals surface area contributed by atoms with Crippen LogP contribution in [-0.2, 0) is 0 Å². The summed E-state index contributed by atoms with van der Waals surface area (Å²) < 4.78 is 6.67. The normalized spacial score (nSPS) is 11.3. The fourth-order valence-electron chi connectivity index (χ4n) is 4.15. The Morgan fingerprint density at radius 3 is 2.22 bits per heavy atom. The molecule has 0 atom stereocenters. The number of ether oxygens (including phenoxy) is 1. The highest BCUT2D eigenvalue weighted by Crippen LogP contribution is 2.32. The van der Waals surface area contributed by atoms with Gasteiger partial charge in [-0.1, -0.05) is 48.0 Å². The van der Waals surface area contributed by atoms with E-state index in [1.165, 1.54) is 16.0 Å². The number of benzene rings is 3. The molecule has 36 heavy (non-hydrogen) atoms. The number of aromatic amines is 1. The van der Waals surface area contributed by atoms with E-state index in [0.717, 1.165) is 44.9 Å². The van der Waals surface area contributed by atoms with Gasteiger partial charge in [0, 0.05) is 16.5 Å². The van der Waals surface area contributed by atoms with Crippen LogP contribution in [0.3, 0.4) is 0 Å². The van der Waals surface area contributed by atoms with Gasteiger partial charge in [-0.25, -0.2) is 4.98 Å². The molecular formula is C28H25N5O2S. The molecule has 1 N–H and O–H groups in total. The second kappa shape index (κ2) is 9.75. The van der Waals surface area contributed by atoms with E-state index < -0.39 is 0 Å². The minimum absolute atomic E-state index is 0.238. The van der Waals surface area contributed by atoms with E-state index in [1.807, 2.05) is 80.7 Å². The lowest BCUT2D eigenvalue weighted by molar-refractivity contribution is 0.415. The molecule has 0 amide bonds. The van der Waals surface area contributed by atoms with Crippen LogP contribution in [0, 0.1) is 20.8 Å². The molecule has 0 bridgehead atoms. The smallest absolute Gasteiger partial charge is 0.301 e. The lowest BCUT2D eigenvalue weighted by Gasteiger charge is -2.05. The second-order valence-electron chi connectivity index (χ2n) is 8.53. The van der Waals surface area contributed by atoms with Crippen molar-refractivity contribution in [1.82, 2.24) is 14.8 Å². The van der Waals surface area contributed by atoms with Crippen molar-refractivity contribution in [3.05, 3.63) is 99.2 Å². The highest BCUT2D eigenvalue weighted by Gasteiger charge is 2.19. The van der Waals surface area contributed by atoms with Crippen LogP contribution in [0.1, 0.15) is 16.7 Å². The summed E-state index contributed by atoms with van der Waals surface area (Å²) in [5.74, 6) is 0.774. The van der Waals surface area contributed by atoms with Gasteiger partial charge in [-0.05, 0) is 56.2 Å². The van der Waals surface area contributed by atoms with Crippen LogP contribution in [0.25, 0.3) is 27.6 Å². The zero-order chi connectivity index (χ0) is 25.2.